The fourth-order valence-corrected chi connectivity index (χ4v) is 2.62. The van der Waals surface area contributed by atoms with Crippen LogP contribution in [0.4, 0.5) is 0 Å². The minimum atomic E-state index is -0.291. The van der Waals surface area contributed by atoms with Gasteiger partial charge < -0.3 is 10.2 Å². The molecule has 0 bridgehead atoms. The summed E-state index contributed by atoms with van der Waals surface area (Å²) in [6, 6.07) is 8.50. The molecule has 0 saturated carbocycles. The van der Waals surface area contributed by atoms with E-state index in [4.69, 9.17) is 0 Å². The van der Waals surface area contributed by atoms with E-state index in [0.717, 1.165) is 13.0 Å². The van der Waals surface area contributed by atoms with Crippen LogP contribution in [0.25, 0.3) is 0 Å². The average molecular weight is 235 g/mol. The third-order valence-corrected chi connectivity index (χ3v) is 3.59. The summed E-state index contributed by atoms with van der Waals surface area (Å²) < 4.78 is 0. The molecule has 0 aromatic heterocycles. The van der Waals surface area contributed by atoms with E-state index in [1.165, 1.54) is 11.1 Å². The maximum absolute atomic E-state index is 9.65. The molecule has 2 rings (SSSR count). The van der Waals surface area contributed by atoms with Gasteiger partial charge in [0.1, 0.15) is 0 Å². The van der Waals surface area contributed by atoms with Crippen LogP contribution in [0.3, 0.4) is 0 Å². The third-order valence-electron chi connectivity index (χ3n) is 3.59. The quantitative estimate of drug-likeness (QED) is 0.823. The van der Waals surface area contributed by atoms with Crippen LogP contribution in [0.2, 0.25) is 0 Å². The molecule has 2 N–H and O–H groups in total. The molecule has 0 aliphatic carbocycles. The maximum atomic E-state index is 9.65. The van der Waals surface area contributed by atoms with Crippen LogP contribution in [0.15, 0.2) is 24.3 Å². The Balaban J connectivity index is 2.09. The molecule has 1 aromatic carbocycles. The Hall–Kier alpha value is -0.900. The highest BCUT2D eigenvalue weighted by atomic mass is 16.3. The number of aliphatic hydroxyl groups is 2. The van der Waals surface area contributed by atoms with Gasteiger partial charge in [-0.25, -0.2) is 0 Å². The van der Waals surface area contributed by atoms with Crippen molar-refractivity contribution in [1.29, 1.82) is 0 Å². The molecular weight excluding hydrogens is 214 g/mol. The van der Waals surface area contributed by atoms with Gasteiger partial charge in [0, 0.05) is 19.1 Å². The van der Waals surface area contributed by atoms with E-state index in [-0.39, 0.29) is 18.8 Å². The Bertz CT molecular complexity index is 367. The lowest BCUT2D eigenvalue weighted by molar-refractivity contribution is 0.149. The summed E-state index contributed by atoms with van der Waals surface area (Å²) in [5.74, 6) is 0. The lowest BCUT2D eigenvalue weighted by Crippen LogP contribution is -2.32. The smallest absolute Gasteiger partial charge is 0.0683 e. The van der Waals surface area contributed by atoms with Crippen molar-refractivity contribution < 1.29 is 10.2 Å². The minimum Gasteiger partial charge on any atom is -0.395 e. The van der Waals surface area contributed by atoms with Gasteiger partial charge in [-0.05, 0) is 24.0 Å². The standard InChI is InChI=1S/C14H21NO2/c1-2-11-5-3-4-6-12(11)8-15-9-14(17)7-13(15)10-16/h3-6,13-14,16-17H,2,7-10H2,1H3/t13-,14+/m1/s1. The molecule has 1 aliphatic rings. The maximum Gasteiger partial charge on any atom is 0.0683 e. The Morgan fingerprint density at radius 2 is 2.00 bits per heavy atom. The van der Waals surface area contributed by atoms with Crippen molar-refractivity contribution in [2.45, 2.75) is 38.5 Å². The Morgan fingerprint density at radius 3 is 2.65 bits per heavy atom. The highest BCUT2D eigenvalue weighted by molar-refractivity contribution is 5.27. The first-order chi connectivity index (χ1) is 8.24. The van der Waals surface area contributed by atoms with Gasteiger partial charge in [-0.3, -0.25) is 4.90 Å². The number of benzene rings is 1. The second-order valence-electron chi connectivity index (χ2n) is 4.78. The lowest BCUT2D eigenvalue weighted by atomic mass is 10.0. The molecule has 1 aliphatic heterocycles. The van der Waals surface area contributed by atoms with Gasteiger partial charge in [0.05, 0.1) is 12.7 Å². The van der Waals surface area contributed by atoms with E-state index in [9.17, 15) is 10.2 Å². The van der Waals surface area contributed by atoms with Crippen molar-refractivity contribution in [3.63, 3.8) is 0 Å². The van der Waals surface area contributed by atoms with Gasteiger partial charge in [-0.1, -0.05) is 31.2 Å². The molecule has 94 valence electrons. The van der Waals surface area contributed by atoms with E-state index in [2.05, 4.69) is 36.1 Å². The Morgan fingerprint density at radius 1 is 1.29 bits per heavy atom. The van der Waals surface area contributed by atoms with Crippen molar-refractivity contribution in [2.24, 2.45) is 0 Å². The molecule has 0 amide bonds. The molecule has 1 fully saturated rings. The van der Waals surface area contributed by atoms with Crippen LogP contribution < -0.4 is 0 Å². The summed E-state index contributed by atoms with van der Waals surface area (Å²) >= 11 is 0. The van der Waals surface area contributed by atoms with Crippen molar-refractivity contribution in [3.8, 4) is 0 Å². The van der Waals surface area contributed by atoms with Crippen molar-refractivity contribution in [2.75, 3.05) is 13.2 Å². The van der Waals surface area contributed by atoms with Crippen LogP contribution in [0.5, 0.6) is 0 Å². The predicted molar refractivity (Wildman–Crippen MR) is 67.7 cm³/mol. The van der Waals surface area contributed by atoms with E-state index in [1.807, 2.05) is 0 Å². The molecule has 3 nitrogen and oxygen atoms in total. The summed E-state index contributed by atoms with van der Waals surface area (Å²) in [6.45, 7) is 3.78. The van der Waals surface area contributed by atoms with Gasteiger partial charge in [0.15, 0.2) is 0 Å². The number of hydrogen-bond donors (Lipinski definition) is 2. The van der Waals surface area contributed by atoms with Crippen molar-refractivity contribution in [3.05, 3.63) is 35.4 Å². The van der Waals surface area contributed by atoms with Gasteiger partial charge in [-0.2, -0.15) is 0 Å². The molecule has 1 aromatic rings. The first-order valence-corrected chi connectivity index (χ1v) is 6.34. The largest absolute Gasteiger partial charge is 0.395 e. The number of aliphatic hydroxyl groups excluding tert-OH is 2. The summed E-state index contributed by atoms with van der Waals surface area (Å²) in [5, 5.41) is 19.0. The highest BCUT2D eigenvalue weighted by Crippen LogP contribution is 2.21. The lowest BCUT2D eigenvalue weighted by Gasteiger charge is -2.23. The molecule has 17 heavy (non-hydrogen) atoms. The molecule has 2 atom stereocenters. The van der Waals surface area contributed by atoms with Gasteiger partial charge in [-0.15, -0.1) is 0 Å². The fourth-order valence-electron chi connectivity index (χ4n) is 2.62. The third kappa shape index (κ3) is 2.86. The second kappa shape index (κ2) is 5.63. The molecular formula is C14H21NO2. The van der Waals surface area contributed by atoms with E-state index in [0.29, 0.717) is 13.0 Å². The van der Waals surface area contributed by atoms with Gasteiger partial charge in [0.25, 0.3) is 0 Å². The average Bonchev–Trinajstić information content (AvgIpc) is 2.70. The first-order valence-electron chi connectivity index (χ1n) is 6.34. The van der Waals surface area contributed by atoms with Crippen LogP contribution >= 0.6 is 0 Å². The zero-order valence-corrected chi connectivity index (χ0v) is 10.3. The van der Waals surface area contributed by atoms with Crippen LogP contribution in [-0.2, 0) is 13.0 Å². The molecule has 3 heteroatoms. The number of β-amino-alcohol motifs (C(OH)–C–C–N with tert-alkyl or cyclic N) is 1. The first kappa shape index (κ1) is 12.6. The number of aryl methyl sites for hydroxylation is 1. The predicted octanol–water partition coefficient (Wildman–Crippen LogP) is 1.18. The fraction of sp³-hybridized carbons (Fsp3) is 0.571. The van der Waals surface area contributed by atoms with Crippen molar-refractivity contribution >= 4 is 0 Å². The summed E-state index contributed by atoms with van der Waals surface area (Å²) in [5.41, 5.74) is 2.66. The Kier molecular flexibility index (Phi) is 4.15. The summed E-state index contributed by atoms with van der Waals surface area (Å²) in [4.78, 5) is 2.18. The zero-order chi connectivity index (χ0) is 12.3. The van der Waals surface area contributed by atoms with E-state index >= 15 is 0 Å². The van der Waals surface area contributed by atoms with E-state index in [1.54, 1.807) is 0 Å². The molecule has 1 saturated heterocycles. The Labute approximate surface area is 103 Å². The number of hydrogen-bond acceptors (Lipinski definition) is 3. The minimum absolute atomic E-state index is 0.106. The van der Waals surface area contributed by atoms with Crippen LogP contribution in [-0.4, -0.2) is 40.4 Å². The zero-order valence-electron chi connectivity index (χ0n) is 10.3. The van der Waals surface area contributed by atoms with Crippen LogP contribution in [0, 0.1) is 0 Å². The second-order valence-corrected chi connectivity index (χ2v) is 4.78. The van der Waals surface area contributed by atoms with Crippen LogP contribution in [0.1, 0.15) is 24.5 Å². The summed E-state index contributed by atoms with van der Waals surface area (Å²) in [7, 11) is 0. The van der Waals surface area contributed by atoms with E-state index < -0.39 is 0 Å². The normalized spacial score (nSPS) is 25.4. The monoisotopic (exact) mass is 235 g/mol. The van der Waals surface area contributed by atoms with Crippen molar-refractivity contribution in [1.82, 2.24) is 4.90 Å². The molecule has 1 heterocycles. The topological polar surface area (TPSA) is 43.7 Å². The molecule has 0 radical (unpaired) electrons. The number of likely N-dealkylation sites (tertiary alicyclic amines) is 1. The number of rotatable bonds is 4. The SMILES string of the molecule is CCc1ccccc1CN1C[C@@H](O)C[C@@H]1CO. The van der Waals surface area contributed by atoms with Gasteiger partial charge in [0.2, 0.25) is 0 Å². The number of nitrogens with zero attached hydrogens (tertiary/aromatic N) is 1. The van der Waals surface area contributed by atoms with Gasteiger partial charge >= 0.3 is 0 Å². The highest BCUT2D eigenvalue weighted by Gasteiger charge is 2.30. The molecule has 0 spiro atoms. The molecule has 0 unspecified atom stereocenters. The summed E-state index contributed by atoms with van der Waals surface area (Å²) in [6.07, 6.45) is 1.42.